The van der Waals surface area contributed by atoms with Crippen LogP contribution in [0.1, 0.15) is 26.2 Å². The molecule has 0 N–H and O–H groups in total. The minimum Gasteiger partial charge on any atom is -0.479 e. The second-order valence-electron chi connectivity index (χ2n) is 6.83. The van der Waals surface area contributed by atoms with Crippen molar-refractivity contribution < 1.29 is 14.3 Å². The van der Waals surface area contributed by atoms with Crippen LogP contribution in [0.2, 0.25) is 5.02 Å². The van der Waals surface area contributed by atoms with E-state index in [0.717, 1.165) is 25.9 Å². The van der Waals surface area contributed by atoms with Gasteiger partial charge in [0.2, 0.25) is 0 Å². The van der Waals surface area contributed by atoms with E-state index >= 15 is 0 Å². The Morgan fingerprint density at radius 2 is 1.50 bits per heavy atom. The van der Waals surface area contributed by atoms with Crippen LogP contribution in [0.25, 0.3) is 0 Å². The zero-order chi connectivity index (χ0) is 18.5. The SMILES string of the molecule is CC(Oc1ccccc1Cl)C(=O)N1CCN(C(=O)N2CCCCC2)CC1. The minimum atomic E-state index is -0.612. The Hall–Kier alpha value is -1.95. The van der Waals surface area contributed by atoms with E-state index in [9.17, 15) is 9.59 Å². The van der Waals surface area contributed by atoms with Gasteiger partial charge in [-0.1, -0.05) is 23.7 Å². The summed E-state index contributed by atoms with van der Waals surface area (Å²) < 4.78 is 5.72. The zero-order valence-corrected chi connectivity index (χ0v) is 16.0. The van der Waals surface area contributed by atoms with Crippen molar-refractivity contribution in [1.29, 1.82) is 0 Å². The first-order valence-corrected chi connectivity index (χ1v) is 9.68. The molecule has 142 valence electrons. The standard InChI is InChI=1S/C19H26ClN3O3/c1-15(26-17-8-4-3-7-16(17)20)18(24)21-11-13-23(14-12-21)19(25)22-9-5-2-6-10-22/h3-4,7-8,15H,2,5-6,9-14H2,1H3. The molecule has 1 unspecified atom stereocenters. The number of nitrogens with zero attached hydrogens (tertiary/aromatic N) is 3. The number of likely N-dealkylation sites (tertiary alicyclic amines) is 1. The first-order valence-electron chi connectivity index (χ1n) is 9.30. The van der Waals surface area contributed by atoms with Crippen LogP contribution in [0, 0.1) is 0 Å². The Morgan fingerprint density at radius 1 is 0.923 bits per heavy atom. The lowest BCUT2D eigenvalue weighted by Gasteiger charge is -2.39. The van der Waals surface area contributed by atoms with Gasteiger partial charge in [-0.15, -0.1) is 0 Å². The highest BCUT2D eigenvalue weighted by Gasteiger charge is 2.30. The summed E-state index contributed by atoms with van der Waals surface area (Å²) in [5.74, 6) is 0.434. The number of benzene rings is 1. The molecule has 0 aliphatic carbocycles. The number of piperidine rings is 1. The van der Waals surface area contributed by atoms with Gasteiger partial charge in [-0.2, -0.15) is 0 Å². The molecule has 2 saturated heterocycles. The monoisotopic (exact) mass is 379 g/mol. The molecule has 7 heteroatoms. The van der Waals surface area contributed by atoms with E-state index in [-0.39, 0.29) is 11.9 Å². The molecule has 1 aromatic carbocycles. The van der Waals surface area contributed by atoms with Crippen LogP contribution in [0.4, 0.5) is 4.79 Å². The highest BCUT2D eigenvalue weighted by Crippen LogP contribution is 2.24. The van der Waals surface area contributed by atoms with E-state index in [1.807, 2.05) is 21.9 Å². The molecule has 3 rings (SSSR count). The Labute approximate surface area is 159 Å². The molecule has 3 amide bonds. The number of rotatable bonds is 3. The molecule has 0 bridgehead atoms. The number of carbonyl (C=O) groups is 2. The van der Waals surface area contributed by atoms with Crippen molar-refractivity contribution >= 4 is 23.5 Å². The van der Waals surface area contributed by atoms with Crippen LogP contribution in [0.3, 0.4) is 0 Å². The number of piperazine rings is 1. The van der Waals surface area contributed by atoms with Crippen molar-refractivity contribution in [2.75, 3.05) is 39.3 Å². The number of carbonyl (C=O) groups excluding carboxylic acids is 2. The lowest BCUT2D eigenvalue weighted by atomic mass is 10.1. The summed E-state index contributed by atoms with van der Waals surface area (Å²) in [6, 6.07) is 7.24. The quantitative estimate of drug-likeness (QED) is 0.811. The molecule has 1 atom stereocenters. The van der Waals surface area contributed by atoms with Gasteiger partial charge in [0.1, 0.15) is 5.75 Å². The third kappa shape index (κ3) is 4.41. The van der Waals surface area contributed by atoms with Gasteiger partial charge in [-0.3, -0.25) is 4.79 Å². The topological polar surface area (TPSA) is 53.1 Å². The molecule has 0 radical (unpaired) electrons. The van der Waals surface area contributed by atoms with E-state index in [4.69, 9.17) is 16.3 Å². The van der Waals surface area contributed by atoms with Crippen LogP contribution in [0.5, 0.6) is 5.75 Å². The Balaban J connectivity index is 1.50. The van der Waals surface area contributed by atoms with Gasteiger partial charge in [-0.05, 0) is 38.3 Å². The lowest BCUT2D eigenvalue weighted by molar-refractivity contribution is -0.139. The third-order valence-corrected chi connectivity index (χ3v) is 5.29. The summed E-state index contributed by atoms with van der Waals surface area (Å²) in [5.41, 5.74) is 0. The summed E-state index contributed by atoms with van der Waals surface area (Å²) in [7, 11) is 0. The molecule has 0 saturated carbocycles. The van der Waals surface area contributed by atoms with E-state index in [0.29, 0.717) is 37.0 Å². The first kappa shape index (κ1) is 18.8. The number of halogens is 1. The average Bonchev–Trinajstić information content (AvgIpc) is 2.69. The van der Waals surface area contributed by atoms with Crippen molar-refractivity contribution in [1.82, 2.24) is 14.7 Å². The van der Waals surface area contributed by atoms with Gasteiger partial charge >= 0.3 is 6.03 Å². The Bertz CT molecular complexity index is 641. The van der Waals surface area contributed by atoms with Crippen LogP contribution >= 0.6 is 11.6 Å². The van der Waals surface area contributed by atoms with Crippen LogP contribution < -0.4 is 4.74 Å². The van der Waals surface area contributed by atoms with Gasteiger partial charge in [0.15, 0.2) is 6.10 Å². The lowest BCUT2D eigenvalue weighted by Crippen LogP contribution is -2.56. The molecule has 0 aromatic heterocycles. The number of para-hydroxylation sites is 1. The molecular formula is C19H26ClN3O3. The third-order valence-electron chi connectivity index (χ3n) is 4.98. The fourth-order valence-corrected chi connectivity index (χ4v) is 3.62. The molecule has 26 heavy (non-hydrogen) atoms. The number of ether oxygens (including phenoxy) is 1. The fraction of sp³-hybridized carbons (Fsp3) is 0.579. The summed E-state index contributed by atoms with van der Waals surface area (Å²) in [6.07, 6.45) is 2.76. The van der Waals surface area contributed by atoms with E-state index in [1.165, 1.54) is 6.42 Å². The van der Waals surface area contributed by atoms with Gasteiger partial charge in [0, 0.05) is 39.3 Å². The van der Waals surface area contributed by atoms with Crippen LogP contribution in [-0.4, -0.2) is 72.0 Å². The molecule has 2 heterocycles. The van der Waals surface area contributed by atoms with Crippen LogP contribution in [-0.2, 0) is 4.79 Å². The molecule has 2 aliphatic heterocycles. The molecule has 6 nitrogen and oxygen atoms in total. The molecule has 2 aliphatic rings. The maximum absolute atomic E-state index is 12.6. The van der Waals surface area contributed by atoms with Gasteiger partial charge in [0.05, 0.1) is 5.02 Å². The Kier molecular flexibility index (Phi) is 6.25. The van der Waals surface area contributed by atoms with Gasteiger partial charge < -0.3 is 19.4 Å². The predicted octanol–water partition coefficient (Wildman–Crippen LogP) is 2.86. The van der Waals surface area contributed by atoms with Crippen molar-refractivity contribution in [3.63, 3.8) is 0 Å². The maximum Gasteiger partial charge on any atom is 0.320 e. The second kappa shape index (κ2) is 8.62. The zero-order valence-electron chi connectivity index (χ0n) is 15.2. The number of hydrogen-bond acceptors (Lipinski definition) is 3. The maximum atomic E-state index is 12.6. The van der Waals surface area contributed by atoms with Crippen molar-refractivity contribution in [3.05, 3.63) is 29.3 Å². The fourth-order valence-electron chi connectivity index (χ4n) is 3.44. The first-order chi connectivity index (χ1) is 12.6. The second-order valence-corrected chi connectivity index (χ2v) is 7.24. The smallest absolute Gasteiger partial charge is 0.320 e. The summed E-state index contributed by atoms with van der Waals surface area (Å²) >= 11 is 6.09. The minimum absolute atomic E-state index is 0.0741. The number of hydrogen-bond donors (Lipinski definition) is 0. The van der Waals surface area contributed by atoms with E-state index < -0.39 is 6.10 Å². The number of amides is 3. The van der Waals surface area contributed by atoms with Gasteiger partial charge in [0.25, 0.3) is 5.91 Å². The predicted molar refractivity (Wildman–Crippen MR) is 101 cm³/mol. The largest absolute Gasteiger partial charge is 0.479 e. The van der Waals surface area contributed by atoms with Crippen LogP contribution in [0.15, 0.2) is 24.3 Å². The Morgan fingerprint density at radius 3 is 2.15 bits per heavy atom. The van der Waals surface area contributed by atoms with E-state index in [1.54, 1.807) is 24.0 Å². The van der Waals surface area contributed by atoms with Gasteiger partial charge in [-0.25, -0.2) is 4.79 Å². The highest BCUT2D eigenvalue weighted by atomic mass is 35.5. The molecule has 0 spiro atoms. The average molecular weight is 380 g/mol. The molecule has 2 fully saturated rings. The highest BCUT2D eigenvalue weighted by molar-refractivity contribution is 6.32. The summed E-state index contributed by atoms with van der Waals surface area (Å²) in [5, 5.41) is 0.490. The summed E-state index contributed by atoms with van der Waals surface area (Å²) in [4.78, 5) is 30.7. The molecule has 1 aromatic rings. The summed E-state index contributed by atoms with van der Waals surface area (Å²) in [6.45, 7) is 5.64. The molecular weight excluding hydrogens is 354 g/mol. The number of urea groups is 1. The van der Waals surface area contributed by atoms with Crippen molar-refractivity contribution in [2.24, 2.45) is 0 Å². The normalized spacial score (nSPS) is 19.2. The van der Waals surface area contributed by atoms with Crippen molar-refractivity contribution in [2.45, 2.75) is 32.3 Å². The van der Waals surface area contributed by atoms with Crippen molar-refractivity contribution in [3.8, 4) is 5.75 Å². The van der Waals surface area contributed by atoms with E-state index in [2.05, 4.69) is 0 Å².